The summed E-state index contributed by atoms with van der Waals surface area (Å²) in [6, 6.07) is -10.5. The van der Waals surface area contributed by atoms with Crippen molar-refractivity contribution in [1.82, 2.24) is 42.5 Å². The largest absolute Gasteiger partial charge is 0.394 e. The van der Waals surface area contributed by atoms with Crippen molar-refractivity contribution in [3.63, 3.8) is 0 Å². The monoisotopic (exact) mass is 1140 g/mol. The van der Waals surface area contributed by atoms with Crippen LogP contribution in [-0.4, -0.2) is 174 Å². The molecule has 80 heavy (non-hydrogen) atoms. The highest BCUT2D eigenvalue weighted by molar-refractivity contribution is 5.99. The van der Waals surface area contributed by atoms with Crippen molar-refractivity contribution in [3.8, 4) is 0 Å². The number of nitrogens with one attached hydrogen (secondary N) is 8. The summed E-state index contributed by atoms with van der Waals surface area (Å²) in [5.74, 6) is -12.2. The lowest BCUT2D eigenvalue weighted by molar-refractivity contribution is -0.137. The van der Waals surface area contributed by atoms with E-state index < -0.39 is 163 Å². The second kappa shape index (κ2) is 39.0. The van der Waals surface area contributed by atoms with Crippen LogP contribution in [0.4, 0.5) is 0 Å². The maximum atomic E-state index is 14.4. The molecule has 8 amide bonds. The molecule has 1 saturated heterocycles. The van der Waals surface area contributed by atoms with Crippen LogP contribution in [0.25, 0.3) is 0 Å². The van der Waals surface area contributed by atoms with Gasteiger partial charge < -0.3 is 80.8 Å². The van der Waals surface area contributed by atoms with Gasteiger partial charge in [-0.25, -0.2) is 0 Å². The number of hydrogen-bond donors (Lipinski definition) is 15. The smallest absolute Gasteiger partial charge is 0.245 e. The van der Waals surface area contributed by atoms with Gasteiger partial charge in [0.2, 0.25) is 47.3 Å². The average molecular weight is 1140 g/mol. The quantitative estimate of drug-likeness (QED) is 0.0324. The van der Waals surface area contributed by atoms with Crippen molar-refractivity contribution in [3.05, 3.63) is 0 Å². The van der Waals surface area contributed by atoms with Crippen molar-refractivity contribution in [1.29, 1.82) is 0 Å². The van der Waals surface area contributed by atoms with E-state index in [0.717, 1.165) is 25.7 Å². The maximum absolute atomic E-state index is 14.4. The molecule has 26 heteroatoms. The molecular weight excluding hydrogens is 1040 g/mol. The van der Waals surface area contributed by atoms with Gasteiger partial charge in [0.25, 0.3) is 0 Å². The second-order valence-corrected chi connectivity index (χ2v) is 21.9. The zero-order valence-electron chi connectivity index (χ0n) is 48.3. The Hall–Kier alpha value is -5.51. The number of carbonyl (C=O) groups is 11. The average Bonchev–Trinajstić information content (AvgIpc) is 3.38. The van der Waals surface area contributed by atoms with Gasteiger partial charge >= 0.3 is 0 Å². The molecule has 458 valence electrons. The number of ketones is 3. The van der Waals surface area contributed by atoms with Crippen LogP contribution >= 0.6 is 0 Å². The number of Topliss-reactive ketones (excluding diaryl/α,β-unsaturated/α-hetero) is 3. The highest BCUT2D eigenvalue weighted by Gasteiger charge is 2.38. The molecule has 0 aromatic heterocycles. The lowest BCUT2D eigenvalue weighted by Crippen LogP contribution is -2.61. The Labute approximate surface area is 471 Å². The third kappa shape index (κ3) is 26.8. The van der Waals surface area contributed by atoms with Crippen LogP contribution in [0.15, 0.2) is 0 Å². The molecular formula is C54H98N12O14. The Balaban J connectivity index is 3.80. The van der Waals surface area contributed by atoms with E-state index in [1.54, 1.807) is 13.8 Å². The number of amides is 8. The van der Waals surface area contributed by atoms with Gasteiger partial charge in [0.05, 0.1) is 24.9 Å². The Morgan fingerprint density at radius 3 is 1.70 bits per heavy atom. The molecule has 1 fully saturated rings. The fourth-order valence-corrected chi connectivity index (χ4v) is 9.29. The van der Waals surface area contributed by atoms with E-state index in [9.17, 15) is 68.1 Å². The number of unbranched alkanes of at least 4 members (excludes halogenated alkanes) is 4. The molecule has 0 spiro atoms. The second-order valence-electron chi connectivity index (χ2n) is 21.9. The summed E-state index contributed by atoms with van der Waals surface area (Å²) in [4.78, 5) is 152. The van der Waals surface area contributed by atoms with Crippen LogP contribution in [0, 0.1) is 29.6 Å². The Bertz CT molecular complexity index is 2010. The zero-order chi connectivity index (χ0) is 60.6. The van der Waals surface area contributed by atoms with Crippen LogP contribution in [0.2, 0.25) is 0 Å². The SMILES string of the molecule is CCCCCCCC(=O)C[C@@H](CCN)C(=O)N[C@H](C(=O)C[C@@H](CCN)C(=O)N[C@H]1CCNC(=O)[C@H]([C@@H](C)O)NC(=O)[C@H](CO)NC(=O)[C@H](CCN)NC(=O)[C@H](CC(C)C)NC(=O)[C@@H](CC(C)C)CC(=O)[C@H](CCN)NC1=O)[C@@H](C)O. The topological polar surface area (TPSA) is 449 Å². The van der Waals surface area contributed by atoms with E-state index in [-0.39, 0.29) is 95.2 Å². The van der Waals surface area contributed by atoms with Crippen molar-refractivity contribution < 1.29 is 68.1 Å². The lowest BCUT2D eigenvalue weighted by atomic mass is 9.88. The summed E-state index contributed by atoms with van der Waals surface area (Å²) >= 11 is 0. The van der Waals surface area contributed by atoms with Crippen LogP contribution in [0.5, 0.6) is 0 Å². The Morgan fingerprint density at radius 1 is 0.613 bits per heavy atom. The fraction of sp³-hybridized carbons (Fsp3) is 0.796. The molecule has 26 nitrogen and oxygen atoms in total. The Kier molecular flexibility index (Phi) is 35.4. The fourth-order valence-electron chi connectivity index (χ4n) is 9.29. The van der Waals surface area contributed by atoms with E-state index in [0.29, 0.717) is 6.42 Å². The van der Waals surface area contributed by atoms with Crippen molar-refractivity contribution in [2.75, 3.05) is 39.3 Å². The Morgan fingerprint density at radius 2 is 1.15 bits per heavy atom. The van der Waals surface area contributed by atoms with Gasteiger partial charge in [0.1, 0.15) is 42.0 Å². The van der Waals surface area contributed by atoms with Gasteiger partial charge in [-0.05, 0) is 103 Å². The molecule has 19 N–H and O–H groups in total. The number of hydrogen-bond acceptors (Lipinski definition) is 18. The molecule has 1 rings (SSSR count). The summed E-state index contributed by atoms with van der Waals surface area (Å²) in [6.45, 7) is 9.95. The first-order valence-electron chi connectivity index (χ1n) is 28.5. The number of aliphatic hydroxyl groups is 3. The standard InChI is InChI=1S/C54H98N12O14/c1-8-9-10-11-12-13-37(70)26-34(14-19-55)48(74)65-45(32(6)68)44(72)27-35(15-20-56)47(73)61-40-18-23-59-54(80)46(33(7)69)66-53(79)42(29-67)64-50(76)39(17-22-58)62-52(78)41(25-31(4)5)63-49(75)36(24-30(2)3)28-43(71)38(16-21-57)60-51(40)77/h30-36,38-42,45-46,67-69H,8-29,55-58H2,1-7H3,(H,59,80)(H,60,77)(H,61,73)(H,62,78)(H,63,75)(H,64,76)(H,65,74)(H,66,79)/t32-,33-,34-,35-,36+,38+,39+,40+,41+,42+,45+,46+/m1/s1. The number of nitrogens with two attached hydrogens (primary N) is 4. The first-order valence-corrected chi connectivity index (χ1v) is 28.5. The molecule has 0 unspecified atom stereocenters. The minimum atomic E-state index is -1.73. The third-order valence-electron chi connectivity index (χ3n) is 13.8. The van der Waals surface area contributed by atoms with E-state index in [4.69, 9.17) is 22.9 Å². The molecule has 0 aliphatic carbocycles. The minimum absolute atomic E-state index is 0.0592. The van der Waals surface area contributed by atoms with Gasteiger partial charge in [-0.15, -0.1) is 0 Å². The van der Waals surface area contributed by atoms with Gasteiger partial charge in [0, 0.05) is 50.0 Å². The molecule has 0 aromatic carbocycles. The van der Waals surface area contributed by atoms with Crippen LogP contribution in [-0.2, 0) is 52.7 Å². The van der Waals surface area contributed by atoms with Crippen LogP contribution < -0.4 is 65.5 Å². The van der Waals surface area contributed by atoms with Crippen LogP contribution in [0.3, 0.4) is 0 Å². The van der Waals surface area contributed by atoms with E-state index in [1.807, 2.05) is 13.8 Å². The van der Waals surface area contributed by atoms with Gasteiger partial charge in [-0.1, -0.05) is 60.3 Å². The van der Waals surface area contributed by atoms with Crippen molar-refractivity contribution >= 4 is 64.6 Å². The molecule has 0 radical (unpaired) electrons. The van der Waals surface area contributed by atoms with E-state index in [2.05, 4.69) is 49.5 Å². The van der Waals surface area contributed by atoms with Gasteiger partial charge in [-0.3, -0.25) is 52.7 Å². The van der Waals surface area contributed by atoms with Gasteiger partial charge in [0.15, 0.2) is 11.6 Å². The summed E-state index contributed by atoms with van der Waals surface area (Å²) in [7, 11) is 0. The number of aliphatic hydroxyl groups excluding tert-OH is 3. The zero-order valence-corrected chi connectivity index (χ0v) is 48.3. The highest BCUT2D eigenvalue weighted by Crippen LogP contribution is 2.21. The molecule has 0 bridgehead atoms. The van der Waals surface area contributed by atoms with E-state index in [1.165, 1.54) is 13.8 Å². The molecule has 1 aliphatic rings. The summed E-state index contributed by atoms with van der Waals surface area (Å²) < 4.78 is 0. The van der Waals surface area contributed by atoms with E-state index >= 15 is 0 Å². The summed E-state index contributed by atoms with van der Waals surface area (Å²) in [5, 5.41) is 51.8. The van der Waals surface area contributed by atoms with Gasteiger partial charge in [-0.2, -0.15) is 0 Å². The summed E-state index contributed by atoms with van der Waals surface area (Å²) in [5.41, 5.74) is 23.5. The normalized spacial score (nSPS) is 23.5. The van der Waals surface area contributed by atoms with Crippen molar-refractivity contribution in [2.45, 2.75) is 206 Å². The minimum Gasteiger partial charge on any atom is -0.394 e. The molecule has 0 saturated carbocycles. The number of rotatable bonds is 30. The van der Waals surface area contributed by atoms with Crippen molar-refractivity contribution in [2.24, 2.45) is 52.5 Å². The lowest BCUT2D eigenvalue weighted by Gasteiger charge is -2.28. The first-order chi connectivity index (χ1) is 37.8. The predicted molar refractivity (Wildman–Crippen MR) is 298 cm³/mol. The number of carbonyl (C=O) groups excluding carboxylic acids is 11. The first kappa shape index (κ1) is 72.5. The summed E-state index contributed by atoms with van der Waals surface area (Å²) in [6.07, 6.45) is 0.137. The molecule has 1 aliphatic heterocycles. The molecule has 1 heterocycles. The predicted octanol–water partition coefficient (Wildman–Crippen LogP) is -2.77. The molecule has 0 aromatic rings. The third-order valence-corrected chi connectivity index (χ3v) is 13.8. The van der Waals surface area contributed by atoms with Crippen LogP contribution in [0.1, 0.15) is 151 Å². The molecule has 12 atom stereocenters. The highest BCUT2D eigenvalue weighted by atomic mass is 16.3. The maximum Gasteiger partial charge on any atom is 0.245 e.